The molecule has 16 heavy (non-hydrogen) atoms. The lowest BCUT2D eigenvalue weighted by Gasteiger charge is -2.26. The first-order chi connectivity index (χ1) is 7.54. The Labute approximate surface area is 101 Å². The Hall–Kier alpha value is -0.640. The molecule has 90 valence electrons. The van der Waals surface area contributed by atoms with E-state index in [-0.39, 0.29) is 5.82 Å². The topological polar surface area (TPSA) is 29.3 Å². The smallest absolute Gasteiger partial charge is 0.123 e. The third-order valence-corrected chi connectivity index (χ3v) is 2.90. The molecule has 0 aromatic heterocycles. The molecule has 1 aromatic rings. The Bertz CT molecular complexity index is 342. The fourth-order valence-corrected chi connectivity index (χ4v) is 1.75. The average molecular weight is 245 g/mol. The first kappa shape index (κ1) is 13.4. The molecule has 0 bridgehead atoms. The molecule has 0 aliphatic carbocycles. The monoisotopic (exact) mass is 244 g/mol. The molecule has 0 atom stereocenters. The van der Waals surface area contributed by atoms with E-state index in [1.54, 1.807) is 6.07 Å². The molecule has 0 aliphatic heterocycles. The lowest BCUT2D eigenvalue weighted by Crippen LogP contribution is -2.34. The number of halogens is 2. The lowest BCUT2D eigenvalue weighted by atomic mass is 10.2. The molecule has 0 aliphatic rings. The SMILES string of the molecule is CC(C)N(CCN)Cc1cc(F)ccc1Cl. The molecule has 0 fully saturated rings. The molecule has 0 saturated carbocycles. The van der Waals surface area contributed by atoms with Crippen LogP contribution in [0.1, 0.15) is 19.4 Å². The first-order valence-electron chi connectivity index (χ1n) is 5.42. The summed E-state index contributed by atoms with van der Waals surface area (Å²) in [6, 6.07) is 4.80. The number of nitrogens with two attached hydrogens (primary N) is 1. The average Bonchev–Trinajstić information content (AvgIpc) is 2.22. The molecule has 2 N–H and O–H groups in total. The van der Waals surface area contributed by atoms with E-state index in [9.17, 15) is 4.39 Å². The van der Waals surface area contributed by atoms with Gasteiger partial charge in [0.05, 0.1) is 0 Å². The van der Waals surface area contributed by atoms with Crippen molar-refractivity contribution < 1.29 is 4.39 Å². The largest absolute Gasteiger partial charge is 0.329 e. The van der Waals surface area contributed by atoms with Crippen molar-refractivity contribution in [2.75, 3.05) is 13.1 Å². The van der Waals surface area contributed by atoms with Gasteiger partial charge in [0.1, 0.15) is 5.82 Å². The minimum absolute atomic E-state index is 0.254. The third-order valence-electron chi connectivity index (χ3n) is 2.53. The summed E-state index contributed by atoms with van der Waals surface area (Å²) in [6.45, 7) is 6.17. The Morgan fingerprint density at radius 1 is 1.44 bits per heavy atom. The van der Waals surface area contributed by atoms with Gasteiger partial charge in [0.25, 0.3) is 0 Å². The Kier molecular flexibility index (Phi) is 5.19. The normalized spacial score (nSPS) is 11.4. The molecular weight excluding hydrogens is 227 g/mol. The van der Waals surface area contributed by atoms with Crippen LogP contribution in [0.5, 0.6) is 0 Å². The molecule has 4 heteroatoms. The highest BCUT2D eigenvalue weighted by molar-refractivity contribution is 6.31. The van der Waals surface area contributed by atoms with Gasteiger partial charge in [-0.2, -0.15) is 0 Å². The maximum absolute atomic E-state index is 13.1. The minimum Gasteiger partial charge on any atom is -0.329 e. The maximum Gasteiger partial charge on any atom is 0.123 e. The van der Waals surface area contributed by atoms with Crippen LogP contribution in [0.4, 0.5) is 4.39 Å². The van der Waals surface area contributed by atoms with Crippen molar-refractivity contribution >= 4 is 11.6 Å². The summed E-state index contributed by atoms with van der Waals surface area (Å²) in [7, 11) is 0. The molecular formula is C12H18ClFN2. The highest BCUT2D eigenvalue weighted by Crippen LogP contribution is 2.19. The molecule has 2 nitrogen and oxygen atoms in total. The van der Waals surface area contributed by atoms with Gasteiger partial charge in [0.2, 0.25) is 0 Å². The van der Waals surface area contributed by atoms with E-state index in [1.807, 2.05) is 0 Å². The Morgan fingerprint density at radius 2 is 2.12 bits per heavy atom. The van der Waals surface area contributed by atoms with Gasteiger partial charge < -0.3 is 5.73 Å². The van der Waals surface area contributed by atoms with Gasteiger partial charge in [-0.05, 0) is 37.6 Å². The highest BCUT2D eigenvalue weighted by Gasteiger charge is 2.11. The predicted molar refractivity (Wildman–Crippen MR) is 66.0 cm³/mol. The zero-order chi connectivity index (χ0) is 12.1. The van der Waals surface area contributed by atoms with Crippen molar-refractivity contribution in [1.82, 2.24) is 4.90 Å². The van der Waals surface area contributed by atoms with E-state index < -0.39 is 0 Å². The van der Waals surface area contributed by atoms with E-state index in [0.29, 0.717) is 24.2 Å². The quantitative estimate of drug-likeness (QED) is 0.863. The lowest BCUT2D eigenvalue weighted by molar-refractivity contribution is 0.219. The van der Waals surface area contributed by atoms with Gasteiger partial charge in [-0.1, -0.05) is 11.6 Å². The summed E-state index contributed by atoms with van der Waals surface area (Å²) in [4.78, 5) is 2.17. The zero-order valence-electron chi connectivity index (χ0n) is 9.71. The highest BCUT2D eigenvalue weighted by atomic mass is 35.5. The van der Waals surface area contributed by atoms with Crippen LogP contribution in [0.2, 0.25) is 5.02 Å². The van der Waals surface area contributed by atoms with Crippen molar-refractivity contribution in [2.45, 2.75) is 26.4 Å². The van der Waals surface area contributed by atoms with Crippen LogP contribution in [0.3, 0.4) is 0 Å². The second-order valence-corrected chi connectivity index (χ2v) is 4.50. The van der Waals surface area contributed by atoms with Crippen LogP contribution >= 0.6 is 11.6 Å². The standard InChI is InChI=1S/C12H18ClFN2/c1-9(2)16(6-5-15)8-10-7-11(14)3-4-12(10)13/h3-4,7,9H,5-6,8,15H2,1-2H3. The Morgan fingerprint density at radius 3 is 2.69 bits per heavy atom. The maximum atomic E-state index is 13.1. The van der Waals surface area contributed by atoms with Crippen molar-refractivity contribution in [3.05, 3.63) is 34.6 Å². The predicted octanol–water partition coefficient (Wildman–Crippen LogP) is 2.65. The molecule has 0 heterocycles. The second kappa shape index (κ2) is 6.18. The summed E-state index contributed by atoms with van der Waals surface area (Å²) in [5.41, 5.74) is 6.35. The van der Waals surface area contributed by atoms with Crippen molar-refractivity contribution in [3.63, 3.8) is 0 Å². The molecule has 0 saturated heterocycles. The third kappa shape index (κ3) is 3.74. The van der Waals surface area contributed by atoms with Crippen molar-refractivity contribution in [1.29, 1.82) is 0 Å². The molecule has 1 rings (SSSR count). The van der Waals surface area contributed by atoms with E-state index in [4.69, 9.17) is 17.3 Å². The van der Waals surface area contributed by atoms with Crippen LogP contribution in [-0.4, -0.2) is 24.0 Å². The van der Waals surface area contributed by atoms with Gasteiger partial charge in [0.15, 0.2) is 0 Å². The first-order valence-corrected chi connectivity index (χ1v) is 5.80. The zero-order valence-corrected chi connectivity index (χ0v) is 10.5. The summed E-state index contributed by atoms with van der Waals surface area (Å²) < 4.78 is 13.1. The van der Waals surface area contributed by atoms with Crippen LogP contribution in [0.15, 0.2) is 18.2 Å². The van der Waals surface area contributed by atoms with Gasteiger partial charge in [0, 0.05) is 30.7 Å². The van der Waals surface area contributed by atoms with Crippen molar-refractivity contribution in [3.8, 4) is 0 Å². The molecule has 1 aromatic carbocycles. The summed E-state index contributed by atoms with van der Waals surface area (Å²) in [5.74, 6) is -0.254. The fourth-order valence-electron chi connectivity index (χ4n) is 1.57. The number of nitrogens with zero attached hydrogens (tertiary/aromatic N) is 1. The van der Waals surface area contributed by atoms with Crippen LogP contribution in [0, 0.1) is 5.82 Å². The van der Waals surface area contributed by atoms with Gasteiger partial charge in [-0.25, -0.2) is 4.39 Å². The fraction of sp³-hybridized carbons (Fsp3) is 0.500. The van der Waals surface area contributed by atoms with Crippen LogP contribution in [-0.2, 0) is 6.54 Å². The molecule has 0 amide bonds. The van der Waals surface area contributed by atoms with E-state index in [0.717, 1.165) is 12.1 Å². The number of benzene rings is 1. The molecule has 0 spiro atoms. The van der Waals surface area contributed by atoms with Gasteiger partial charge in [-0.3, -0.25) is 4.90 Å². The van der Waals surface area contributed by atoms with Crippen LogP contribution in [0.25, 0.3) is 0 Å². The summed E-state index contributed by atoms with van der Waals surface area (Å²) in [6.07, 6.45) is 0. The second-order valence-electron chi connectivity index (χ2n) is 4.09. The molecule has 0 unspecified atom stereocenters. The number of rotatable bonds is 5. The van der Waals surface area contributed by atoms with Gasteiger partial charge in [-0.15, -0.1) is 0 Å². The van der Waals surface area contributed by atoms with Gasteiger partial charge >= 0.3 is 0 Å². The number of hydrogen-bond donors (Lipinski definition) is 1. The van der Waals surface area contributed by atoms with Crippen molar-refractivity contribution in [2.24, 2.45) is 5.73 Å². The Balaban J connectivity index is 2.80. The minimum atomic E-state index is -0.254. The molecule has 0 radical (unpaired) electrons. The summed E-state index contributed by atoms with van der Waals surface area (Å²) >= 11 is 6.02. The summed E-state index contributed by atoms with van der Waals surface area (Å²) in [5, 5.41) is 0.601. The van der Waals surface area contributed by atoms with Crippen LogP contribution < -0.4 is 5.73 Å². The number of hydrogen-bond acceptors (Lipinski definition) is 2. The van der Waals surface area contributed by atoms with E-state index in [1.165, 1.54) is 12.1 Å². The van der Waals surface area contributed by atoms with E-state index in [2.05, 4.69) is 18.7 Å². The van der Waals surface area contributed by atoms with E-state index >= 15 is 0 Å².